The van der Waals surface area contributed by atoms with E-state index in [1.165, 1.54) is 24.2 Å². The van der Waals surface area contributed by atoms with Gasteiger partial charge >= 0.3 is 0 Å². The second-order valence-corrected chi connectivity index (χ2v) is 10.00. The molecule has 3 aromatic carbocycles. The molecule has 4 rings (SSSR count). The number of hydrogen-bond donors (Lipinski definition) is 2. The van der Waals surface area contributed by atoms with Gasteiger partial charge in [-0.3, -0.25) is 9.00 Å². The van der Waals surface area contributed by atoms with Crippen LogP contribution in [0.1, 0.15) is 24.1 Å². The van der Waals surface area contributed by atoms with E-state index in [2.05, 4.69) is 10.7 Å². The van der Waals surface area contributed by atoms with Crippen LogP contribution in [0.4, 0.5) is 11.4 Å². The summed E-state index contributed by atoms with van der Waals surface area (Å²) in [6.07, 6.45) is 0. The third-order valence-corrected chi connectivity index (χ3v) is 7.42. The Hall–Kier alpha value is -3.09. The van der Waals surface area contributed by atoms with Crippen LogP contribution < -0.4 is 10.7 Å². The fourth-order valence-electron chi connectivity index (χ4n) is 3.73. The summed E-state index contributed by atoms with van der Waals surface area (Å²) in [5, 5.41) is 4.05. The standard InChI is InChI=1S/C22H22N4O5S2/c1-16(27)23-20-13-7-5-11-18(20)22-19-12-6-8-14-21(19)24-26(22)25(15-32(28)29)33(30,31)17-9-3-2-4-10-17/h2-14,22,24H,15H2,1H3,(H,23,27)(H,28,29)/p-1. The number of hydrogen-bond acceptors (Lipinski definition) is 7. The fourth-order valence-corrected chi connectivity index (χ4v) is 5.96. The van der Waals surface area contributed by atoms with E-state index in [-0.39, 0.29) is 10.8 Å². The normalized spacial score (nSPS) is 16.8. The summed E-state index contributed by atoms with van der Waals surface area (Å²) in [7, 11) is -4.26. The predicted molar refractivity (Wildman–Crippen MR) is 124 cm³/mol. The van der Waals surface area contributed by atoms with Crippen LogP contribution in [0.5, 0.6) is 0 Å². The van der Waals surface area contributed by atoms with Crippen LogP contribution in [0.3, 0.4) is 0 Å². The fraction of sp³-hybridized carbons (Fsp3) is 0.136. The average molecular weight is 486 g/mol. The van der Waals surface area contributed by atoms with Gasteiger partial charge in [0.25, 0.3) is 10.0 Å². The molecule has 0 fully saturated rings. The lowest BCUT2D eigenvalue weighted by molar-refractivity contribution is -0.114. The third-order valence-electron chi connectivity index (χ3n) is 5.08. The number of anilines is 2. The van der Waals surface area contributed by atoms with Crippen LogP contribution in [0.25, 0.3) is 0 Å². The largest absolute Gasteiger partial charge is 0.771 e. The molecule has 33 heavy (non-hydrogen) atoms. The number of fused-ring (bicyclic) bond motifs is 1. The molecule has 0 spiro atoms. The summed E-state index contributed by atoms with van der Waals surface area (Å²) in [6.45, 7) is 1.38. The van der Waals surface area contributed by atoms with Crippen LogP contribution >= 0.6 is 0 Å². The quantitative estimate of drug-likeness (QED) is 0.494. The van der Waals surface area contributed by atoms with Crippen LogP contribution in [0.15, 0.2) is 83.8 Å². The number of para-hydroxylation sites is 2. The van der Waals surface area contributed by atoms with Crippen molar-refractivity contribution in [3.63, 3.8) is 0 Å². The van der Waals surface area contributed by atoms with Crippen molar-refractivity contribution in [2.24, 2.45) is 0 Å². The van der Waals surface area contributed by atoms with Gasteiger partial charge < -0.3 is 15.3 Å². The number of carbonyl (C=O) groups is 1. The molecule has 2 unspecified atom stereocenters. The van der Waals surface area contributed by atoms with Crippen molar-refractivity contribution in [3.8, 4) is 0 Å². The van der Waals surface area contributed by atoms with E-state index in [0.717, 1.165) is 9.98 Å². The highest BCUT2D eigenvalue weighted by Gasteiger charge is 2.41. The number of benzene rings is 3. The maximum Gasteiger partial charge on any atom is 0.258 e. The Bertz CT molecular complexity index is 1300. The Morgan fingerprint density at radius 3 is 2.30 bits per heavy atom. The molecule has 0 saturated carbocycles. The summed E-state index contributed by atoms with van der Waals surface area (Å²) in [5.74, 6) is -1.10. The van der Waals surface area contributed by atoms with Crippen molar-refractivity contribution >= 4 is 38.4 Å². The Morgan fingerprint density at radius 1 is 1.03 bits per heavy atom. The van der Waals surface area contributed by atoms with Crippen molar-refractivity contribution in [3.05, 3.63) is 90.0 Å². The molecule has 0 aromatic heterocycles. The summed E-state index contributed by atoms with van der Waals surface area (Å²) in [5.41, 5.74) is 5.45. The lowest BCUT2D eigenvalue weighted by atomic mass is 9.97. The monoisotopic (exact) mass is 485 g/mol. The zero-order valence-electron chi connectivity index (χ0n) is 17.5. The predicted octanol–water partition coefficient (Wildman–Crippen LogP) is 2.82. The smallest absolute Gasteiger partial charge is 0.258 e. The first kappa shape index (κ1) is 23.1. The molecule has 0 aliphatic carbocycles. The second-order valence-electron chi connectivity index (χ2n) is 7.29. The molecular formula is C22H21N4O5S2-. The highest BCUT2D eigenvalue weighted by Crippen LogP contribution is 2.43. The van der Waals surface area contributed by atoms with E-state index in [4.69, 9.17) is 0 Å². The van der Waals surface area contributed by atoms with E-state index < -0.39 is 33.0 Å². The van der Waals surface area contributed by atoms with Gasteiger partial charge in [0.2, 0.25) is 5.91 Å². The molecule has 1 aliphatic rings. The Morgan fingerprint density at radius 2 is 1.64 bits per heavy atom. The van der Waals surface area contributed by atoms with Gasteiger partial charge in [-0.25, -0.2) is 8.42 Å². The molecule has 2 N–H and O–H groups in total. The molecule has 3 aromatic rings. The summed E-state index contributed by atoms with van der Waals surface area (Å²) in [6, 6.07) is 21.0. The highest BCUT2D eigenvalue weighted by molar-refractivity contribution is 7.90. The van der Waals surface area contributed by atoms with Crippen molar-refractivity contribution in [2.75, 3.05) is 16.6 Å². The van der Waals surface area contributed by atoms with Gasteiger partial charge in [-0.2, -0.15) is 0 Å². The Labute approximate surface area is 194 Å². The topological polar surface area (TPSA) is 122 Å². The second kappa shape index (κ2) is 9.41. The molecular weight excluding hydrogens is 464 g/mol. The van der Waals surface area contributed by atoms with Crippen molar-refractivity contribution < 1.29 is 22.0 Å². The van der Waals surface area contributed by atoms with Gasteiger partial charge in [0.15, 0.2) is 0 Å². The SMILES string of the molecule is CC(=O)Nc1ccccc1C1c2ccccc2NN1N(CS(=O)[O-])S(=O)(=O)c1ccccc1. The molecule has 1 amide bonds. The van der Waals surface area contributed by atoms with Gasteiger partial charge in [0, 0.05) is 23.7 Å². The van der Waals surface area contributed by atoms with Crippen LogP contribution in [0.2, 0.25) is 0 Å². The number of rotatable bonds is 7. The van der Waals surface area contributed by atoms with E-state index in [1.54, 1.807) is 60.7 Å². The minimum absolute atomic E-state index is 0.0536. The number of carbonyl (C=O) groups excluding carboxylic acids is 1. The Kier molecular flexibility index (Phi) is 6.58. The minimum Gasteiger partial charge on any atom is -0.771 e. The molecule has 0 bridgehead atoms. The molecule has 0 saturated heterocycles. The first-order valence-electron chi connectivity index (χ1n) is 9.94. The number of nitrogens with one attached hydrogen (secondary N) is 2. The van der Waals surface area contributed by atoms with E-state index >= 15 is 0 Å². The van der Waals surface area contributed by atoms with Crippen molar-refractivity contribution in [1.29, 1.82) is 0 Å². The maximum atomic E-state index is 13.5. The third kappa shape index (κ3) is 4.68. The average Bonchev–Trinajstić information content (AvgIpc) is 3.17. The molecule has 1 heterocycles. The van der Waals surface area contributed by atoms with Crippen LogP contribution in [-0.4, -0.2) is 38.5 Å². The minimum atomic E-state index is -4.26. The molecule has 172 valence electrons. The zero-order valence-corrected chi connectivity index (χ0v) is 19.2. The van der Waals surface area contributed by atoms with E-state index in [0.29, 0.717) is 16.9 Å². The van der Waals surface area contributed by atoms with Gasteiger partial charge in [-0.1, -0.05) is 54.6 Å². The molecule has 1 aliphatic heterocycles. The number of hydrazine groups is 2. The number of nitrogens with zero attached hydrogens (tertiary/aromatic N) is 2. The van der Waals surface area contributed by atoms with Crippen molar-refractivity contribution in [2.45, 2.75) is 17.9 Å². The molecule has 11 heteroatoms. The van der Waals surface area contributed by atoms with Gasteiger partial charge in [0.1, 0.15) is 6.04 Å². The van der Waals surface area contributed by atoms with Crippen molar-refractivity contribution in [1.82, 2.24) is 9.53 Å². The lowest BCUT2D eigenvalue weighted by Crippen LogP contribution is -2.50. The molecule has 0 radical (unpaired) electrons. The van der Waals surface area contributed by atoms with Gasteiger partial charge in [0.05, 0.1) is 16.5 Å². The summed E-state index contributed by atoms with van der Waals surface area (Å²) >= 11 is -2.72. The van der Waals surface area contributed by atoms with Gasteiger partial charge in [-0.15, -0.1) is 9.53 Å². The highest BCUT2D eigenvalue weighted by atomic mass is 32.2. The number of amides is 1. The Balaban J connectivity index is 1.89. The summed E-state index contributed by atoms with van der Waals surface area (Å²) in [4.78, 5) is 11.7. The zero-order chi connectivity index (χ0) is 23.6. The number of sulfonamides is 1. The van der Waals surface area contributed by atoms with E-state index in [1.807, 2.05) is 6.07 Å². The van der Waals surface area contributed by atoms with Gasteiger partial charge in [-0.05, 0) is 35.3 Å². The first-order chi connectivity index (χ1) is 15.8. The lowest BCUT2D eigenvalue weighted by Gasteiger charge is -2.36. The molecule has 9 nitrogen and oxygen atoms in total. The van der Waals surface area contributed by atoms with E-state index in [9.17, 15) is 22.0 Å². The molecule has 2 atom stereocenters. The van der Waals surface area contributed by atoms with Crippen LogP contribution in [0, 0.1) is 0 Å². The van der Waals surface area contributed by atoms with Crippen LogP contribution in [-0.2, 0) is 25.9 Å². The maximum absolute atomic E-state index is 13.5. The summed E-state index contributed by atoms with van der Waals surface area (Å²) < 4.78 is 51.4. The first-order valence-corrected chi connectivity index (χ1v) is 12.6.